The molecule has 0 aliphatic rings. The third kappa shape index (κ3) is 6.00. The first kappa shape index (κ1) is 19.7. The number of ether oxygens (including phenoxy) is 1. The zero-order valence-electron chi connectivity index (χ0n) is 12.1. The van der Waals surface area contributed by atoms with Gasteiger partial charge in [-0.15, -0.1) is 12.4 Å². The van der Waals surface area contributed by atoms with E-state index in [1.807, 2.05) is 7.05 Å². The number of halogens is 3. The summed E-state index contributed by atoms with van der Waals surface area (Å²) in [6.07, 6.45) is 0. The molecule has 1 rings (SSSR count). The van der Waals surface area contributed by atoms with Crippen molar-refractivity contribution in [1.29, 1.82) is 0 Å². The van der Waals surface area contributed by atoms with Crippen LogP contribution in [0, 0.1) is 0 Å². The number of carbonyl (C=O) groups is 1. The predicted octanol–water partition coefficient (Wildman–Crippen LogP) is 4.41. The number of hydrogen-bond donors (Lipinski definition) is 0. The molecular weight excluding hydrogens is 365 g/mol. The van der Waals surface area contributed by atoms with Crippen molar-refractivity contribution < 1.29 is 9.53 Å². The Labute approximate surface area is 140 Å². The van der Waals surface area contributed by atoms with Gasteiger partial charge >= 0.3 is 5.97 Å². The van der Waals surface area contributed by atoms with E-state index >= 15 is 0 Å². The van der Waals surface area contributed by atoms with Gasteiger partial charge in [0.25, 0.3) is 0 Å². The maximum Gasteiger partial charge on any atom is 0.339 e. The monoisotopic (exact) mass is 383 g/mol. The molecular formula is C14H20BrCl2NO2. The molecule has 0 saturated carbocycles. The summed E-state index contributed by atoms with van der Waals surface area (Å²) in [7, 11) is 2.00. The molecule has 1 aromatic rings. The molecule has 1 aromatic carbocycles. The van der Waals surface area contributed by atoms with E-state index in [9.17, 15) is 4.79 Å². The van der Waals surface area contributed by atoms with Gasteiger partial charge in [0.2, 0.25) is 0 Å². The molecule has 114 valence electrons. The van der Waals surface area contributed by atoms with Crippen LogP contribution in [0.5, 0.6) is 0 Å². The lowest BCUT2D eigenvalue weighted by atomic mass is 10.1. The van der Waals surface area contributed by atoms with E-state index in [1.165, 1.54) is 0 Å². The molecule has 0 aliphatic carbocycles. The normalized spacial score (nSPS) is 11.2. The minimum absolute atomic E-state index is 0. The van der Waals surface area contributed by atoms with Gasteiger partial charge in [0.1, 0.15) is 6.61 Å². The van der Waals surface area contributed by atoms with Gasteiger partial charge < -0.3 is 4.74 Å². The van der Waals surface area contributed by atoms with Crippen molar-refractivity contribution >= 4 is 45.9 Å². The van der Waals surface area contributed by atoms with E-state index in [0.717, 1.165) is 4.47 Å². The van der Waals surface area contributed by atoms with Gasteiger partial charge in [0, 0.05) is 16.6 Å². The van der Waals surface area contributed by atoms with Crippen LogP contribution in [0.25, 0.3) is 0 Å². The fourth-order valence-electron chi connectivity index (χ4n) is 1.34. The minimum Gasteiger partial charge on any atom is -0.461 e. The molecule has 0 radical (unpaired) electrons. The van der Waals surface area contributed by atoms with Crippen molar-refractivity contribution in [3.63, 3.8) is 0 Å². The Morgan fingerprint density at radius 2 is 2.00 bits per heavy atom. The molecule has 0 heterocycles. The van der Waals surface area contributed by atoms with Gasteiger partial charge in [-0.25, -0.2) is 4.79 Å². The van der Waals surface area contributed by atoms with Crippen LogP contribution in [-0.2, 0) is 4.74 Å². The fourth-order valence-corrected chi connectivity index (χ4v) is 1.90. The van der Waals surface area contributed by atoms with Crippen molar-refractivity contribution in [2.24, 2.45) is 0 Å². The Hall–Kier alpha value is -0.290. The van der Waals surface area contributed by atoms with Crippen molar-refractivity contribution in [3.05, 3.63) is 33.3 Å². The largest absolute Gasteiger partial charge is 0.461 e. The van der Waals surface area contributed by atoms with Crippen molar-refractivity contribution in [1.82, 2.24) is 4.90 Å². The van der Waals surface area contributed by atoms with Crippen LogP contribution < -0.4 is 0 Å². The third-order valence-electron chi connectivity index (χ3n) is 2.95. The molecule has 0 atom stereocenters. The van der Waals surface area contributed by atoms with Gasteiger partial charge in [0.15, 0.2) is 0 Å². The predicted molar refractivity (Wildman–Crippen MR) is 89.1 cm³/mol. The number of rotatable bonds is 4. The highest BCUT2D eigenvalue weighted by Gasteiger charge is 2.17. The molecule has 0 aliphatic heterocycles. The number of hydrogen-bond acceptors (Lipinski definition) is 3. The van der Waals surface area contributed by atoms with E-state index in [4.69, 9.17) is 16.3 Å². The highest BCUT2D eigenvalue weighted by atomic mass is 79.9. The van der Waals surface area contributed by atoms with Crippen molar-refractivity contribution in [3.8, 4) is 0 Å². The summed E-state index contributed by atoms with van der Waals surface area (Å²) in [5.74, 6) is -0.395. The first-order valence-corrected chi connectivity index (χ1v) is 7.22. The Bertz CT molecular complexity index is 461. The van der Waals surface area contributed by atoms with Gasteiger partial charge in [-0.2, -0.15) is 0 Å². The molecule has 3 nitrogen and oxygen atoms in total. The Kier molecular flexibility index (Phi) is 8.11. The second-order valence-corrected chi connectivity index (χ2v) is 6.68. The first-order valence-electron chi connectivity index (χ1n) is 6.05. The molecule has 0 N–H and O–H groups in total. The quantitative estimate of drug-likeness (QED) is 0.720. The highest BCUT2D eigenvalue weighted by molar-refractivity contribution is 9.10. The minimum atomic E-state index is -0.395. The van der Waals surface area contributed by atoms with Gasteiger partial charge in [-0.3, -0.25) is 4.90 Å². The van der Waals surface area contributed by atoms with Crippen LogP contribution in [0.2, 0.25) is 5.02 Å². The van der Waals surface area contributed by atoms with Crippen LogP contribution in [-0.4, -0.2) is 36.6 Å². The zero-order valence-corrected chi connectivity index (χ0v) is 15.2. The molecule has 0 bridgehead atoms. The highest BCUT2D eigenvalue weighted by Crippen LogP contribution is 2.21. The van der Waals surface area contributed by atoms with E-state index in [1.54, 1.807) is 18.2 Å². The van der Waals surface area contributed by atoms with Gasteiger partial charge in [-0.1, -0.05) is 27.5 Å². The van der Waals surface area contributed by atoms with Crippen molar-refractivity contribution in [2.75, 3.05) is 20.2 Å². The Balaban J connectivity index is 0.00000361. The van der Waals surface area contributed by atoms with E-state index in [2.05, 4.69) is 41.6 Å². The Morgan fingerprint density at radius 3 is 2.55 bits per heavy atom. The Morgan fingerprint density at radius 1 is 1.40 bits per heavy atom. The topological polar surface area (TPSA) is 29.5 Å². The van der Waals surface area contributed by atoms with E-state index in [0.29, 0.717) is 23.7 Å². The van der Waals surface area contributed by atoms with Crippen LogP contribution in [0.1, 0.15) is 31.1 Å². The molecule has 0 unspecified atom stereocenters. The van der Waals surface area contributed by atoms with Crippen LogP contribution in [0.15, 0.2) is 22.7 Å². The second-order valence-electron chi connectivity index (χ2n) is 5.35. The summed E-state index contributed by atoms with van der Waals surface area (Å²) in [6.45, 7) is 7.36. The lowest BCUT2D eigenvalue weighted by Gasteiger charge is -2.31. The zero-order chi connectivity index (χ0) is 14.6. The second kappa shape index (κ2) is 8.23. The van der Waals surface area contributed by atoms with E-state index in [-0.39, 0.29) is 17.9 Å². The lowest BCUT2D eigenvalue weighted by molar-refractivity contribution is 0.0424. The molecule has 0 amide bonds. The summed E-state index contributed by atoms with van der Waals surface area (Å²) < 4.78 is 6.05. The number of benzene rings is 1. The SMILES string of the molecule is CN(CCOC(=O)c1cc(Br)ccc1Cl)C(C)(C)C.Cl. The summed E-state index contributed by atoms with van der Waals surface area (Å²) in [4.78, 5) is 14.0. The molecule has 0 saturated heterocycles. The molecule has 0 aromatic heterocycles. The van der Waals surface area contributed by atoms with E-state index < -0.39 is 5.97 Å². The summed E-state index contributed by atoms with van der Waals surface area (Å²) in [5, 5.41) is 0.400. The maximum absolute atomic E-state index is 11.9. The average molecular weight is 385 g/mol. The molecule has 20 heavy (non-hydrogen) atoms. The standard InChI is InChI=1S/C14H19BrClNO2.ClH/c1-14(2,3)17(4)7-8-19-13(18)11-9-10(15)5-6-12(11)16;/h5-6,9H,7-8H2,1-4H3;1H. The van der Waals surface area contributed by atoms with Crippen LogP contribution in [0.3, 0.4) is 0 Å². The first-order chi connectivity index (χ1) is 8.71. The smallest absolute Gasteiger partial charge is 0.339 e. The number of esters is 1. The number of likely N-dealkylation sites (N-methyl/N-ethyl adjacent to an activating group) is 1. The average Bonchev–Trinajstić information content (AvgIpc) is 2.30. The van der Waals surface area contributed by atoms with Crippen LogP contribution in [0.4, 0.5) is 0 Å². The molecule has 6 heteroatoms. The number of carbonyl (C=O) groups excluding carboxylic acids is 1. The lowest BCUT2D eigenvalue weighted by Crippen LogP contribution is -2.40. The van der Waals surface area contributed by atoms with Gasteiger partial charge in [0.05, 0.1) is 10.6 Å². The maximum atomic E-state index is 11.9. The summed E-state index contributed by atoms with van der Waals surface area (Å²) >= 11 is 9.28. The summed E-state index contributed by atoms with van der Waals surface area (Å²) in [6, 6.07) is 5.12. The fraction of sp³-hybridized carbons (Fsp3) is 0.500. The van der Waals surface area contributed by atoms with Crippen molar-refractivity contribution in [2.45, 2.75) is 26.3 Å². The molecule has 0 fully saturated rings. The van der Waals surface area contributed by atoms with Crippen LogP contribution >= 0.6 is 39.9 Å². The third-order valence-corrected chi connectivity index (χ3v) is 3.78. The van der Waals surface area contributed by atoms with Gasteiger partial charge in [-0.05, 0) is 46.0 Å². The summed E-state index contributed by atoms with van der Waals surface area (Å²) in [5.41, 5.74) is 0.439. The number of nitrogens with zero attached hydrogens (tertiary/aromatic N) is 1. The molecule has 0 spiro atoms.